The maximum atomic E-state index is 12.9. The molecule has 0 radical (unpaired) electrons. The van der Waals surface area contributed by atoms with Crippen LogP contribution in [0.25, 0.3) is 0 Å². The zero-order valence-electron chi connectivity index (χ0n) is 16.7. The molecule has 2 atom stereocenters. The highest BCUT2D eigenvalue weighted by Gasteiger charge is 2.54. The number of amides is 2. The quantitative estimate of drug-likeness (QED) is 0.178. The Balaban J connectivity index is 1.56. The lowest BCUT2D eigenvalue weighted by Crippen LogP contribution is -2.72. The van der Waals surface area contributed by atoms with Crippen molar-refractivity contribution in [3.05, 3.63) is 43.1 Å². The lowest BCUT2D eigenvalue weighted by atomic mass is 9.86. The van der Waals surface area contributed by atoms with Gasteiger partial charge >= 0.3 is 5.97 Å². The van der Waals surface area contributed by atoms with E-state index in [4.69, 9.17) is 40.5 Å². The third-order valence-corrected chi connectivity index (χ3v) is 8.23. The molecule has 2 amide bonds. The van der Waals surface area contributed by atoms with Crippen LogP contribution >= 0.6 is 57.9 Å². The number of hydrogen-bond donors (Lipinski definition) is 4. The Kier molecular flexibility index (Phi) is 6.92. The minimum absolute atomic E-state index is 0.0332. The van der Waals surface area contributed by atoms with E-state index >= 15 is 0 Å². The number of oxime groups is 1. The van der Waals surface area contributed by atoms with E-state index in [1.54, 1.807) is 0 Å². The maximum absolute atomic E-state index is 12.9. The van der Waals surface area contributed by atoms with Crippen LogP contribution in [0, 0.1) is 0 Å². The summed E-state index contributed by atoms with van der Waals surface area (Å²) in [5.41, 5.74) is 4.69. The molecule has 0 unspecified atom stereocenters. The largest absolute Gasteiger partial charge is 0.477 e. The molecule has 2 aromatic heterocycles. The number of nitrogens with two attached hydrogens (primary N) is 1. The van der Waals surface area contributed by atoms with Crippen LogP contribution in [0.3, 0.4) is 0 Å². The molecule has 2 aliphatic heterocycles. The number of carbonyl (C=O) groups excluding carboxylic acids is 2. The normalized spacial score (nSPS) is 20.1. The Labute approximate surface area is 214 Å². The summed E-state index contributed by atoms with van der Waals surface area (Å²) >= 11 is 20.2. The van der Waals surface area contributed by atoms with Gasteiger partial charge in [0.1, 0.15) is 21.8 Å². The molecule has 2 aliphatic rings. The van der Waals surface area contributed by atoms with Gasteiger partial charge in [0.05, 0.1) is 21.0 Å². The number of nitrogens with zero attached hydrogens (tertiary/aromatic N) is 4. The lowest BCUT2D eigenvalue weighted by Gasteiger charge is -2.50. The van der Waals surface area contributed by atoms with E-state index < -0.39 is 35.6 Å². The fraction of sp³-hybridized carbons (Fsp3) is 0.222. The maximum Gasteiger partial charge on any atom is 0.353 e. The first-order valence-corrected chi connectivity index (χ1v) is 12.1. The number of aliphatic carboxylic acids is 1. The van der Waals surface area contributed by atoms with Crippen molar-refractivity contribution in [3.63, 3.8) is 0 Å². The molecule has 4 rings (SSSR count). The van der Waals surface area contributed by atoms with Gasteiger partial charge in [0.2, 0.25) is 0 Å². The number of pyridine rings is 1. The Morgan fingerprint density at radius 3 is 2.53 bits per heavy atom. The van der Waals surface area contributed by atoms with Gasteiger partial charge in [-0.1, -0.05) is 63.1 Å². The summed E-state index contributed by atoms with van der Waals surface area (Å²) in [5, 5.41) is 25.1. The molecule has 5 N–H and O–H groups in total. The van der Waals surface area contributed by atoms with Crippen LogP contribution in [0.2, 0.25) is 14.4 Å². The number of halogens is 3. The number of hydrogen-bond acceptors (Lipinski definition) is 10. The summed E-state index contributed by atoms with van der Waals surface area (Å²) < 4.78 is 0.0332. The van der Waals surface area contributed by atoms with E-state index in [1.165, 1.54) is 12.4 Å². The van der Waals surface area contributed by atoms with Gasteiger partial charge in [0, 0.05) is 17.3 Å². The monoisotopic (exact) mass is 562 g/mol. The number of fused-ring (bicyclic) bond motifs is 1. The average Bonchev–Trinajstić information content (AvgIpc) is 3.12. The zero-order chi connectivity index (χ0) is 24.7. The first-order chi connectivity index (χ1) is 16.1. The van der Waals surface area contributed by atoms with Crippen molar-refractivity contribution in [1.29, 1.82) is 0 Å². The number of carbonyl (C=O) groups is 3. The molecule has 4 heterocycles. The fourth-order valence-electron chi connectivity index (χ4n) is 3.62. The topological polar surface area (TPSA) is 171 Å². The molecule has 1 saturated heterocycles. The Morgan fingerprint density at radius 2 is 1.97 bits per heavy atom. The summed E-state index contributed by atoms with van der Waals surface area (Å²) in [4.78, 5) is 47.3. The van der Waals surface area contributed by atoms with Gasteiger partial charge < -0.3 is 21.4 Å². The van der Waals surface area contributed by atoms with Crippen LogP contribution in [-0.4, -0.2) is 60.8 Å². The number of nitrogen functional groups attached to an aromatic ring is 1. The summed E-state index contributed by atoms with van der Waals surface area (Å²) in [7, 11) is 0. The van der Waals surface area contributed by atoms with E-state index in [0.29, 0.717) is 16.2 Å². The number of β-lactam (4-membered cyclic amide) rings is 1. The molecule has 178 valence electrons. The molecule has 0 spiro atoms. The van der Waals surface area contributed by atoms with Crippen molar-refractivity contribution in [2.45, 2.75) is 29.8 Å². The highest BCUT2D eigenvalue weighted by Crippen LogP contribution is 2.46. The summed E-state index contributed by atoms with van der Waals surface area (Å²) in [6.07, 6.45) is 3.40. The molecule has 11 nitrogen and oxygen atoms in total. The number of rotatable bonds is 6. The minimum Gasteiger partial charge on any atom is -0.477 e. The van der Waals surface area contributed by atoms with Crippen LogP contribution < -0.4 is 11.1 Å². The van der Waals surface area contributed by atoms with Gasteiger partial charge in [0.25, 0.3) is 11.8 Å². The Hall–Kier alpha value is -2.58. The fourth-order valence-corrected chi connectivity index (χ4v) is 6.19. The Morgan fingerprint density at radius 1 is 1.29 bits per heavy atom. The number of thioether (sulfide) groups is 1. The van der Waals surface area contributed by atoms with Crippen LogP contribution in [0.4, 0.5) is 5.13 Å². The molecule has 0 saturated carbocycles. The summed E-state index contributed by atoms with van der Waals surface area (Å²) in [5.74, 6) is -2.86. The standard InChI is InChI=1S/C18H13Cl3N6O5S2/c19-5-3-23-4-6(20)13(5)33-8-2-1-7-9(16(29)27(7)12(8)17(30)31)24-15(28)11(26-32)10-14(21)34-18(22)25-10/h3-4,7,9,32H,1-2H2,(H2,22,25)(H,24,28)(H,30,31)/b26-11-/t7-,9+/m1/s1. The van der Waals surface area contributed by atoms with E-state index in [0.717, 1.165) is 28.0 Å². The molecule has 16 heteroatoms. The van der Waals surface area contributed by atoms with Crippen molar-refractivity contribution >= 4 is 86.5 Å². The lowest BCUT2D eigenvalue weighted by molar-refractivity contribution is -0.155. The van der Waals surface area contributed by atoms with Crippen molar-refractivity contribution in [3.8, 4) is 0 Å². The number of anilines is 1. The van der Waals surface area contributed by atoms with Gasteiger partial charge in [-0.2, -0.15) is 0 Å². The first kappa shape index (κ1) is 24.5. The molecule has 0 bridgehead atoms. The van der Waals surface area contributed by atoms with Crippen LogP contribution in [-0.2, 0) is 14.4 Å². The van der Waals surface area contributed by atoms with Gasteiger partial charge in [-0.15, -0.1) is 0 Å². The predicted molar refractivity (Wildman–Crippen MR) is 126 cm³/mol. The average molecular weight is 564 g/mol. The highest BCUT2D eigenvalue weighted by atomic mass is 35.5. The Bertz CT molecular complexity index is 1260. The smallest absolute Gasteiger partial charge is 0.353 e. The van der Waals surface area contributed by atoms with Crippen molar-refractivity contribution < 1.29 is 24.7 Å². The number of thiazole rings is 1. The summed E-state index contributed by atoms with van der Waals surface area (Å²) in [6.45, 7) is 0. The number of nitrogens with one attached hydrogen (secondary N) is 1. The first-order valence-electron chi connectivity index (χ1n) is 9.35. The molecule has 1 fully saturated rings. The number of carboxylic acid groups (broad SMARTS) is 1. The predicted octanol–water partition coefficient (Wildman–Crippen LogP) is 2.84. The second-order valence-electron chi connectivity index (χ2n) is 7.00. The molecule has 2 aromatic rings. The van der Waals surface area contributed by atoms with Gasteiger partial charge in [0.15, 0.2) is 10.8 Å². The number of aromatic nitrogens is 2. The zero-order valence-corrected chi connectivity index (χ0v) is 20.6. The van der Waals surface area contributed by atoms with Crippen LogP contribution in [0.15, 0.2) is 33.0 Å². The van der Waals surface area contributed by atoms with Gasteiger partial charge in [-0.25, -0.2) is 9.78 Å². The van der Waals surface area contributed by atoms with E-state index in [1.807, 2.05) is 0 Å². The number of carboxylic acids is 1. The van der Waals surface area contributed by atoms with Crippen molar-refractivity contribution in [2.24, 2.45) is 5.16 Å². The van der Waals surface area contributed by atoms with Crippen molar-refractivity contribution in [2.75, 3.05) is 5.73 Å². The minimum atomic E-state index is -1.31. The molecular weight excluding hydrogens is 551 g/mol. The van der Waals surface area contributed by atoms with E-state index in [-0.39, 0.29) is 37.3 Å². The molecule has 0 aromatic carbocycles. The van der Waals surface area contributed by atoms with E-state index in [9.17, 15) is 24.7 Å². The van der Waals surface area contributed by atoms with E-state index in [2.05, 4.69) is 20.4 Å². The molecule has 34 heavy (non-hydrogen) atoms. The highest BCUT2D eigenvalue weighted by molar-refractivity contribution is 8.03. The van der Waals surface area contributed by atoms with Crippen molar-refractivity contribution in [1.82, 2.24) is 20.2 Å². The van der Waals surface area contributed by atoms with Gasteiger partial charge in [-0.05, 0) is 12.8 Å². The van der Waals surface area contributed by atoms with Gasteiger partial charge in [-0.3, -0.25) is 19.5 Å². The second kappa shape index (κ2) is 9.58. The van der Waals surface area contributed by atoms with Crippen LogP contribution in [0.1, 0.15) is 18.5 Å². The third-order valence-electron chi connectivity index (χ3n) is 5.06. The SMILES string of the molecule is Nc1nc(/C(=N/O)C(=O)N[C@@H]2C(=O)N3C(C(=O)O)=C(Sc4c(Cl)cncc4Cl)CC[C@H]23)c(Cl)s1. The summed E-state index contributed by atoms with van der Waals surface area (Å²) in [6, 6.07) is -1.65. The second-order valence-corrected chi connectivity index (χ2v) is 10.6. The number of allylic oxidation sites excluding steroid dienone is 1. The molecule has 0 aliphatic carbocycles. The molecular formula is C18H13Cl3N6O5S2. The third kappa shape index (κ3) is 4.29. The van der Waals surface area contributed by atoms with Crippen LogP contribution in [0.5, 0.6) is 0 Å².